The van der Waals surface area contributed by atoms with Gasteiger partial charge in [0.15, 0.2) is 11.6 Å². The fourth-order valence-corrected chi connectivity index (χ4v) is 8.54. The predicted molar refractivity (Wildman–Crippen MR) is 169 cm³/mol. The average molecular weight is 652 g/mol. The van der Waals surface area contributed by atoms with Crippen LogP contribution in [-0.4, -0.2) is 91.5 Å². The van der Waals surface area contributed by atoms with Gasteiger partial charge in [-0.05, 0) is 63.1 Å². The number of carbonyl (C=O) groups excluding carboxylic acids is 1. The highest BCUT2D eigenvalue weighted by Gasteiger charge is 2.49. The normalized spacial score (nSPS) is 27.2. The van der Waals surface area contributed by atoms with Gasteiger partial charge in [-0.3, -0.25) is 19.8 Å². The second-order valence-corrected chi connectivity index (χ2v) is 13.8. The zero-order chi connectivity index (χ0) is 31.6. The Morgan fingerprint density at radius 1 is 1.11 bits per heavy atom. The second-order valence-electron chi connectivity index (χ2n) is 13.4. The smallest absolute Gasteiger partial charge is 0.319 e. The van der Waals surface area contributed by atoms with Crippen molar-refractivity contribution in [1.82, 2.24) is 30.0 Å². The standard InChI is InChI=1S/C33H36ClF2N7O3/c34-23-11-24-21(14-38-41-24)26-20(23)6-1-2-7-25(44)30(45)18-5-3-9-42(15-18)31-22-13-37-29(26)27(36)28(22)39-32(40-31)46-17-33-8-4-10-43(33)16-19(35)12-33/h11,13-14,18-19,30,45H,1-10,12,15-17H2,(H,38,41)/t18-,19-,30+,33+/m1/s1. The highest BCUT2D eigenvalue weighted by atomic mass is 35.5. The van der Waals surface area contributed by atoms with E-state index in [1.165, 1.54) is 0 Å². The number of aromatic amines is 1. The van der Waals surface area contributed by atoms with Crippen LogP contribution in [0.3, 0.4) is 0 Å². The first-order valence-corrected chi connectivity index (χ1v) is 16.7. The Hall–Kier alpha value is -3.48. The van der Waals surface area contributed by atoms with Gasteiger partial charge in [-0.1, -0.05) is 11.6 Å². The third-order valence-corrected chi connectivity index (χ3v) is 10.9. The fraction of sp³-hybridized carbons (Fsp3) is 0.545. The van der Waals surface area contributed by atoms with Crippen LogP contribution in [0.1, 0.15) is 56.9 Å². The van der Waals surface area contributed by atoms with Crippen molar-refractivity contribution in [3.05, 3.63) is 34.9 Å². The van der Waals surface area contributed by atoms with Gasteiger partial charge in [-0.15, -0.1) is 0 Å². The summed E-state index contributed by atoms with van der Waals surface area (Å²) in [6, 6.07) is 1.77. The number of pyridine rings is 1. The topological polar surface area (TPSA) is 120 Å². The van der Waals surface area contributed by atoms with Gasteiger partial charge < -0.3 is 14.7 Å². The van der Waals surface area contributed by atoms with Crippen molar-refractivity contribution in [2.75, 3.05) is 37.7 Å². The number of halogens is 3. The molecule has 4 aromatic rings. The molecule has 13 heteroatoms. The molecule has 3 aromatic heterocycles. The molecule has 0 saturated carbocycles. The van der Waals surface area contributed by atoms with Crippen molar-refractivity contribution in [2.24, 2.45) is 5.92 Å². The number of ketones is 1. The number of piperidine rings is 1. The van der Waals surface area contributed by atoms with Crippen molar-refractivity contribution in [3.8, 4) is 17.3 Å². The second kappa shape index (κ2) is 11.6. The van der Waals surface area contributed by atoms with Gasteiger partial charge >= 0.3 is 6.01 Å². The van der Waals surface area contributed by atoms with Gasteiger partial charge in [0.05, 0.1) is 22.6 Å². The molecular weight excluding hydrogens is 616 g/mol. The van der Waals surface area contributed by atoms with E-state index in [9.17, 15) is 14.3 Å². The zero-order valence-electron chi connectivity index (χ0n) is 25.4. The highest BCUT2D eigenvalue weighted by molar-refractivity contribution is 6.33. The number of hydrogen-bond acceptors (Lipinski definition) is 9. The fourth-order valence-electron chi connectivity index (χ4n) is 8.24. The SMILES string of the molecule is O=C1CCCCc2c(Cl)cc3[nH]ncc3c2-c2ncc3c(nc(OC[C@@]45CCCN4C[C@H](F)C5)nc3c2F)N2CCC[C@H](C2)[C@@H]1O. The molecule has 0 unspecified atom stereocenters. The minimum absolute atomic E-state index is 0.00160. The molecule has 46 heavy (non-hydrogen) atoms. The van der Waals surface area contributed by atoms with Gasteiger partial charge in [0, 0.05) is 60.6 Å². The van der Waals surface area contributed by atoms with Crippen LogP contribution in [-0.2, 0) is 11.2 Å². The first-order chi connectivity index (χ1) is 22.3. The van der Waals surface area contributed by atoms with Crippen LogP contribution in [0.25, 0.3) is 33.1 Å². The van der Waals surface area contributed by atoms with E-state index in [2.05, 4.69) is 25.1 Å². The molecule has 0 aliphatic carbocycles. The van der Waals surface area contributed by atoms with Crippen molar-refractivity contribution < 1.29 is 23.4 Å². The number of benzene rings is 1. The van der Waals surface area contributed by atoms with Crippen molar-refractivity contribution in [1.29, 1.82) is 0 Å². The number of fused-ring (bicyclic) bond motifs is 8. The molecule has 9 rings (SSSR count). The maximum atomic E-state index is 17.0. The summed E-state index contributed by atoms with van der Waals surface area (Å²) in [5, 5.41) is 19.8. The maximum Gasteiger partial charge on any atom is 0.319 e. The largest absolute Gasteiger partial charge is 0.461 e. The van der Waals surface area contributed by atoms with Crippen molar-refractivity contribution in [3.63, 3.8) is 0 Å². The van der Waals surface area contributed by atoms with E-state index in [1.807, 2.05) is 4.90 Å². The number of carbonyl (C=O) groups is 1. The number of nitrogens with one attached hydrogen (secondary N) is 1. The van der Waals surface area contributed by atoms with E-state index in [4.69, 9.17) is 21.3 Å². The lowest BCUT2D eigenvalue weighted by molar-refractivity contribution is -0.130. The molecule has 10 nitrogen and oxygen atoms in total. The van der Waals surface area contributed by atoms with Crippen LogP contribution in [0.4, 0.5) is 14.6 Å². The van der Waals surface area contributed by atoms with E-state index >= 15 is 4.39 Å². The molecule has 0 radical (unpaired) electrons. The van der Waals surface area contributed by atoms with Crippen LogP contribution < -0.4 is 9.64 Å². The lowest BCUT2D eigenvalue weighted by Crippen LogP contribution is -2.44. The summed E-state index contributed by atoms with van der Waals surface area (Å²) in [6.45, 7) is 2.37. The molecule has 5 aliphatic rings. The van der Waals surface area contributed by atoms with Gasteiger partial charge in [-0.2, -0.15) is 15.1 Å². The predicted octanol–water partition coefficient (Wildman–Crippen LogP) is 5.19. The van der Waals surface area contributed by atoms with Crippen LogP contribution in [0.2, 0.25) is 5.02 Å². The van der Waals surface area contributed by atoms with Crippen LogP contribution in [0, 0.1) is 11.7 Å². The third kappa shape index (κ3) is 5.00. The highest BCUT2D eigenvalue weighted by Crippen LogP contribution is 2.42. The summed E-state index contributed by atoms with van der Waals surface area (Å²) in [6.07, 6.45) is 6.67. The average Bonchev–Trinajstić information content (AvgIpc) is 3.75. The number of Topliss-reactive ketones (excluding diaryl/α,β-unsaturated/α-hetero) is 1. The molecule has 5 aliphatic heterocycles. The summed E-state index contributed by atoms with van der Waals surface area (Å²) >= 11 is 6.79. The summed E-state index contributed by atoms with van der Waals surface area (Å²) in [4.78, 5) is 31.3. The number of aromatic nitrogens is 5. The summed E-state index contributed by atoms with van der Waals surface area (Å²) in [7, 11) is 0. The molecule has 1 aromatic carbocycles. The number of nitrogens with zero attached hydrogens (tertiary/aromatic N) is 6. The Morgan fingerprint density at radius 2 is 1.98 bits per heavy atom. The van der Waals surface area contributed by atoms with Crippen LogP contribution in [0.15, 0.2) is 18.5 Å². The van der Waals surface area contributed by atoms with E-state index in [-0.39, 0.29) is 41.9 Å². The molecule has 6 bridgehead atoms. The Bertz CT molecular complexity index is 1840. The van der Waals surface area contributed by atoms with Gasteiger partial charge in [0.1, 0.15) is 35.9 Å². The molecule has 2 N–H and O–H groups in total. The zero-order valence-corrected chi connectivity index (χ0v) is 26.2. The van der Waals surface area contributed by atoms with E-state index in [0.717, 1.165) is 25.8 Å². The summed E-state index contributed by atoms with van der Waals surface area (Å²) in [5.74, 6) is -0.661. The van der Waals surface area contributed by atoms with E-state index in [0.29, 0.717) is 90.0 Å². The van der Waals surface area contributed by atoms with Gasteiger partial charge in [-0.25, -0.2) is 8.78 Å². The number of alkyl halides is 1. The number of aliphatic hydroxyl groups excluding tert-OH is 1. The molecular formula is C33H36ClF2N7O3. The number of rotatable bonds is 3. The molecule has 4 atom stereocenters. The van der Waals surface area contributed by atoms with Crippen molar-refractivity contribution in [2.45, 2.75) is 75.6 Å². The van der Waals surface area contributed by atoms with Gasteiger partial charge in [0.25, 0.3) is 0 Å². The molecule has 0 amide bonds. The lowest BCUT2D eigenvalue weighted by atomic mass is 9.88. The number of hydrogen-bond donors (Lipinski definition) is 2. The number of anilines is 1. The Kier molecular flexibility index (Phi) is 7.57. The quantitative estimate of drug-likeness (QED) is 0.308. The van der Waals surface area contributed by atoms with Crippen LogP contribution >= 0.6 is 11.6 Å². The first kappa shape index (κ1) is 29.9. The number of ether oxygens (including phenoxy) is 1. The first-order valence-electron chi connectivity index (χ1n) is 16.3. The van der Waals surface area contributed by atoms with Crippen LogP contribution in [0.5, 0.6) is 6.01 Å². The summed E-state index contributed by atoms with van der Waals surface area (Å²) in [5.41, 5.74) is 1.59. The Balaban J connectivity index is 1.30. The Labute approximate surface area is 269 Å². The van der Waals surface area contributed by atoms with Gasteiger partial charge in [0.2, 0.25) is 0 Å². The number of aliphatic hydroxyl groups is 1. The molecule has 8 heterocycles. The Morgan fingerprint density at radius 3 is 2.87 bits per heavy atom. The minimum Gasteiger partial charge on any atom is -0.461 e. The third-order valence-electron chi connectivity index (χ3n) is 10.5. The molecule has 0 spiro atoms. The monoisotopic (exact) mass is 651 g/mol. The molecule has 242 valence electrons. The molecule has 3 saturated heterocycles. The maximum absolute atomic E-state index is 17.0. The van der Waals surface area contributed by atoms with E-state index in [1.54, 1.807) is 18.5 Å². The molecule has 3 fully saturated rings. The lowest BCUT2D eigenvalue weighted by Gasteiger charge is -2.36. The minimum atomic E-state index is -1.11. The summed E-state index contributed by atoms with van der Waals surface area (Å²) < 4.78 is 37.7. The van der Waals surface area contributed by atoms with E-state index < -0.39 is 23.6 Å². The van der Waals surface area contributed by atoms with Crippen molar-refractivity contribution >= 4 is 45.0 Å². The number of H-pyrrole nitrogens is 1.